The van der Waals surface area contributed by atoms with E-state index in [0.717, 1.165) is 51.4 Å². The van der Waals surface area contributed by atoms with Gasteiger partial charge in [-0.25, -0.2) is 9.36 Å². The first-order valence-electron chi connectivity index (χ1n) is 14.0. The Hall–Kier alpha value is -2.30. The lowest BCUT2D eigenvalue weighted by molar-refractivity contribution is -0.147. The summed E-state index contributed by atoms with van der Waals surface area (Å²) in [5.41, 5.74) is 0. The van der Waals surface area contributed by atoms with Gasteiger partial charge >= 0.3 is 19.8 Å². The number of amides is 1. The van der Waals surface area contributed by atoms with E-state index in [1.165, 1.54) is 0 Å². The number of esters is 1. The van der Waals surface area contributed by atoms with Crippen LogP contribution in [0, 0.1) is 0 Å². The molecule has 12 heteroatoms. The molecule has 0 aromatic rings. The van der Waals surface area contributed by atoms with Gasteiger partial charge in [-0.3, -0.25) is 18.6 Å². The molecule has 0 fully saturated rings. The van der Waals surface area contributed by atoms with Crippen molar-refractivity contribution in [2.24, 2.45) is 0 Å². The van der Waals surface area contributed by atoms with Crippen LogP contribution in [0.15, 0.2) is 36.5 Å². The quantitative estimate of drug-likeness (QED) is 0.0493. The molecule has 4 N–H and O–H groups in total. The zero-order chi connectivity index (χ0) is 30.1. The maximum absolute atomic E-state index is 11.9. The van der Waals surface area contributed by atoms with Crippen LogP contribution in [-0.2, 0) is 32.7 Å². The van der Waals surface area contributed by atoms with Crippen molar-refractivity contribution in [1.29, 1.82) is 0 Å². The molecule has 0 radical (unpaired) electrons. The van der Waals surface area contributed by atoms with Crippen molar-refractivity contribution in [3.05, 3.63) is 36.5 Å². The topological polar surface area (TPSA) is 169 Å². The molecule has 3 atom stereocenters. The fraction of sp³-hybridized carbons (Fsp3) is 0.679. The lowest BCUT2D eigenvalue weighted by atomic mass is 10.1. The second-order valence-electron chi connectivity index (χ2n) is 9.21. The molecular weight excluding hydrogens is 541 g/mol. The number of aliphatic carboxylic acids is 1. The molecule has 0 aliphatic rings. The number of aliphatic hydroxyl groups is 1. The Morgan fingerprint density at radius 1 is 0.825 bits per heavy atom. The van der Waals surface area contributed by atoms with Gasteiger partial charge in [0.2, 0.25) is 5.91 Å². The minimum atomic E-state index is -4.72. The molecule has 0 aromatic heterocycles. The molecule has 40 heavy (non-hydrogen) atoms. The third-order valence-electron chi connectivity index (χ3n) is 5.41. The molecule has 11 nitrogen and oxygen atoms in total. The number of rotatable bonds is 25. The van der Waals surface area contributed by atoms with Crippen LogP contribution < -0.4 is 5.32 Å². The molecule has 0 aliphatic heterocycles. The molecule has 0 saturated carbocycles. The summed E-state index contributed by atoms with van der Waals surface area (Å²) in [5, 5.41) is 21.1. The van der Waals surface area contributed by atoms with Crippen molar-refractivity contribution in [2.45, 2.75) is 103 Å². The van der Waals surface area contributed by atoms with E-state index in [-0.39, 0.29) is 12.8 Å². The molecule has 0 heterocycles. The number of phosphoric acid groups is 1. The molecule has 0 aliphatic carbocycles. The Bertz CT molecular complexity index is 843. The normalized spacial score (nSPS) is 14.9. The highest BCUT2D eigenvalue weighted by Crippen LogP contribution is 2.43. The van der Waals surface area contributed by atoms with Crippen LogP contribution in [0.3, 0.4) is 0 Å². The molecule has 1 amide bonds. The summed E-state index contributed by atoms with van der Waals surface area (Å²) in [6.45, 7) is 1.94. The number of phosphoric ester groups is 1. The molecular formula is C28H48NO10P. The first-order chi connectivity index (χ1) is 19.1. The minimum Gasteiger partial charge on any atom is -0.480 e. The number of aliphatic hydroxyl groups excluding tert-OH is 1. The van der Waals surface area contributed by atoms with E-state index in [2.05, 4.69) is 57.7 Å². The van der Waals surface area contributed by atoms with Gasteiger partial charge in [0.15, 0.2) is 6.04 Å². The second kappa shape index (κ2) is 24.5. The molecule has 0 rings (SSSR count). The molecule has 0 spiro atoms. The molecule has 230 valence electrons. The Kier molecular flexibility index (Phi) is 23.1. The minimum absolute atomic E-state index is 0.0935. The lowest BCUT2D eigenvalue weighted by Crippen LogP contribution is -2.43. The van der Waals surface area contributed by atoms with E-state index >= 15 is 0 Å². The Balaban J connectivity index is 3.91. The average Bonchev–Trinajstić information content (AvgIpc) is 2.91. The van der Waals surface area contributed by atoms with Crippen molar-refractivity contribution in [3.8, 4) is 0 Å². The summed E-state index contributed by atoms with van der Waals surface area (Å²) in [5.74, 6) is -2.47. The van der Waals surface area contributed by atoms with Crippen LogP contribution in [-0.4, -0.2) is 64.9 Å². The van der Waals surface area contributed by atoms with Crippen molar-refractivity contribution >= 4 is 25.7 Å². The van der Waals surface area contributed by atoms with Crippen molar-refractivity contribution < 1.29 is 47.8 Å². The number of carbonyl (C=O) groups is 3. The second-order valence-corrected chi connectivity index (χ2v) is 10.7. The van der Waals surface area contributed by atoms with E-state index in [1.807, 2.05) is 0 Å². The van der Waals surface area contributed by atoms with Gasteiger partial charge in [-0.1, -0.05) is 69.6 Å². The highest BCUT2D eigenvalue weighted by molar-refractivity contribution is 7.47. The zero-order valence-electron chi connectivity index (χ0n) is 23.9. The van der Waals surface area contributed by atoms with E-state index in [1.54, 1.807) is 6.92 Å². The Morgan fingerprint density at radius 3 is 2.08 bits per heavy atom. The lowest BCUT2D eigenvalue weighted by Gasteiger charge is -2.18. The number of carboxylic acids is 1. The molecule has 0 aromatic carbocycles. The van der Waals surface area contributed by atoms with Crippen LogP contribution >= 0.6 is 7.82 Å². The van der Waals surface area contributed by atoms with Crippen LogP contribution in [0.1, 0.15) is 90.9 Å². The summed E-state index contributed by atoms with van der Waals surface area (Å²) < 4.78 is 26.1. The van der Waals surface area contributed by atoms with Crippen LogP contribution in [0.25, 0.3) is 0 Å². The number of ether oxygens (including phenoxy) is 1. The van der Waals surface area contributed by atoms with Crippen molar-refractivity contribution in [3.63, 3.8) is 0 Å². The molecule has 0 bridgehead atoms. The van der Waals surface area contributed by atoms with Gasteiger partial charge in [0, 0.05) is 12.8 Å². The first kappa shape index (κ1) is 37.7. The largest absolute Gasteiger partial charge is 0.480 e. The smallest absolute Gasteiger partial charge is 0.472 e. The predicted molar refractivity (Wildman–Crippen MR) is 152 cm³/mol. The van der Waals surface area contributed by atoms with Crippen LogP contribution in [0.5, 0.6) is 0 Å². The van der Waals surface area contributed by atoms with Crippen molar-refractivity contribution in [2.75, 3.05) is 19.8 Å². The highest BCUT2D eigenvalue weighted by atomic mass is 31.2. The number of hydrogen-bond acceptors (Lipinski definition) is 8. The van der Waals surface area contributed by atoms with E-state index < -0.39 is 57.6 Å². The summed E-state index contributed by atoms with van der Waals surface area (Å²) >= 11 is 0. The summed E-state index contributed by atoms with van der Waals surface area (Å²) in [7, 11) is -4.72. The van der Waals surface area contributed by atoms with Gasteiger partial charge in [0.25, 0.3) is 0 Å². The fourth-order valence-electron chi connectivity index (χ4n) is 3.25. The van der Waals surface area contributed by atoms with Gasteiger partial charge in [0.05, 0.1) is 13.2 Å². The summed E-state index contributed by atoms with van der Waals surface area (Å²) in [6, 6.07) is -1.54. The fourth-order valence-corrected chi connectivity index (χ4v) is 4.02. The van der Waals surface area contributed by atoms with Gasteiger partial charge < -0.3 is 25.2 Å². The number of nitrogens with one attached hydrogen (secondary N) is 1. The predicted octanol–water partition coefficient (Wildman–Crippen LogP) is 4.98. The number of allylic oxidation sites excluding steroid dienone is 6. The summed E-state index contributed by atoms with van der Waals surface area (Å²) in [6.07, 6.45) is 21.2. The maximum atomic E-state index is 11.9. The maximum Gasteiger partial charge on any atom is 0.472 e. The molecule has 3 unspecified atom stereocenters. The van der Waals surface area contributed by atoms with E-state index in [9.17, 15) is 28.9 Å². The number of unbranched alkanes of at least 4 members (excludes halogenated alkanes) is 5. The van der Waals surface area contributed by atoms with Crippen LogP contribution in [0.2, 0.25) is 0 Å². The number of carbonyl (C=O) groups excluding carboxylic acids is 2. The monoisotopic (exact) mass is 589 g/mol. The van der Waals surface area contributed by atoms with Gasteiger partial charge in [0.1, 0.15) is 12.7 Å². The Labute approximate surface area is 238 Å². The summed E-state index contributed by atoms with van der Waals surface area (Å²) in [4.78, 5) is 44.3. The highest BCUT2D eigenvalue weighted by Gasteiger charge is 2.28. The van der Waals surface area contributed by atoms with Crippen molar-refractivity contribution in [1.82, 2.24) is 5.32 Å². The van der Waals surface area contributed by atoms with Gasteiger partial charge in [-0.05, 0) is 44.9 Å². The Morgan fingerprint density at radius 2 is 1.43 bits per heavy atom. The number of hydrogen-bond donors (Lipinski definition) is 4. The molecule has 0 saturated heterocycles. The first-order valence-corrected chi connectivity index (χ1v) is 15.5. The SMILES string of the molecule is CC/C=C\C/C=C\C/C=C\CCCCCCCC(=O)OCC(O)COP(=O)(O)OCC(NC(=O)CCC)C(=O)O. The standard InChI is InChI=1S/C28H48NO10P/c1-3-5-6-7-8-9-10-11-12-13-14-15-16-17-18-20-27(32)37-21-24(30)22-38-40(35,36)39-23-25(28(33)34)29-26(31)19-4-2/h5-6,8-9,11-12,24-25,30H,3-4,7,10,13-23H2,1-2H3,(H,29,31)(H,33,34)(H,35,36)/b6-5-,9-8-,12-11-. The van der Waals surface area contributed by atoms with Gasteiger partial charge in [-0.15, -0.1) is 0 Å². The van der Waals surface area contributed by atoms with Crippen LogP contribution in [0.4, 0.5) is 0 Å². The van der Waals surface area contributed by atoms with E-state index in [0.29, 0.717) is 12.8 Å². The average molecular weight is 590 g/mol. The third kappa shape index (κ3) is 23.6. The third-order valence-corrected chi connectivity index (χ3v) is 6.36. The van der Waals surface area contributed by atoms with E-state index in [4.69, 9.17) is 9.84 Å². The number of carboxylic acid groups (broad SMARTS) is 1. The zero-order valence-corrected chi connectivity index (χ0v) is 24.8. The van der Waals surface area contributed by atoms with Gasteiger partial charge in [-0.2, -0.15) is 0 Å².